The molecule has 2 aliphatic rings. The summed E-state index contributed by atoms with van der Waals surface area (Å²) in [5.41, 5.74) is 0.0414. The van der Waals surface area contributed by atoms with Crippen LogP contribution in [0, 0.1) is 11.3 Å². The van der Waals surface area contributed by atoms with Crippen molar-refractivity contribution in [3.05, 3.63) is 0 Å². The molecule has 0 bridgehead atoms. The molecule has 1 aliphatic heterocycles. The molecule has 2 rings (SSSR count). The zero-order valence-corrected chi connectivity index (χ0v) is 9.67. The van der Waals surface area contributed by atoms with Gasteiger partial charge in [-0.25, -0.2) is 0 Å². The second-order valence-corrected chi connectivity index (χ2v) is 5.30. The summed E-state index contributed by atoms with van der Waals surface area (Å²) >= 11 is 0. The Hall–Kier alpha value is -0.330. The average Bonchev–Trinajstić information content (AvgIpc) is 2.86. The molecule has 1 N–H and O–H groups in total. The molecule has 0 radical (unpaired) electrons. The molecule has 6 heteroatoms. The van der Waals surface area contributed by atoms with Crippen molar-refractivity contribution in [3.63, 3.8) is 0 Å². The van der Waals surface area contributed by atoms with Crippen LogP contribution in [0.5, 0.6) is 0 Å². The highest BCUT2D eigenvalue weighted by molar-refractivity contribution is 4.96. The minimum Gasteiger partial charge on any atom is -0.396 e. The third-order valence-corrected chi connectivity index (χ3v) is 3.70. The third-order valence-electron chi connectivity index (χ3n) is 3.70. The van der Waals surface area contributed by atoms with Crippen LogP contribution in [0.3, 0.4) is 0 Å². The SMILES string of the molecule is OCC1(CN2CC[C@H](COC(F)(F)F)C2)CC1. The van der Waals surface area contributed by atoms with E-state index in [1.165, 1.54) is 0 Å². The Balaban J connectivity index is 1.69. The van der Waals surface area contributed by atoms with Gasteiger partial charge in [0.25, 0.3) is 0 Å². The first-order valence-electron chi connectivity index (χ1n) is 5.96. The number of likely N-dealkylation sites (tertiary alicyclic amines) is 1. The fraction of sp³-hybridized carbons (Fsp3) is 1.00. The summed E-state index contributed by atoms with van der Waals surface area (Å²) < 4.78 is 39.5. The number of nitrogens with zero attached hydrogens (tertiary/aromatic N) is 1. The minimum atomic E-state index is -4.52. The molecule has 2 fully saturated rings. The van der Waals surface area contributed by atoms with Crippen molar-refractivity contribution in [1.29, 1.82) is 0 Å². The molecule has 1 aliphatic carbocycles. The van der Waals surface area contributed by atoms with Crippen molar-refractivity contribution in [2.24, 2.45) is 11.3 Å². The fourth-order valence-corrected chi connectivity index (χ4v) is 2.42. The lowest BCUT2D eigenvalue weighted by Gasteiger charge is -2.21. The lowest BCUT2D eigenvalue weighted by molar-refractivity contribution is -0.328. The van der Waals surface area contributed by atoms with Gasteiger partial charge in [-0.05, 0) is 31.7 Å². The predicted octanol–water partition coefficient (Wildman–Crippen LogP) is 1.62. The van der Waals surface area contributed by atoms with Crippen molar-refractivity contribution in [2.45, 2.75) is 25.6 Å². The maximum Gasteiger partial charge on any atom is 0.522 e. The minimum absolute atomic E-state index is 0.0360. The van der Waals surface area contributed by atoms with Crippen molar-refractivity contribution < 1.29 is 23.0 Å². The van der Waals surface area contributed by atoms with E-state index in [1.807, 2.05) is 0 Å². The monoisotopic (exact) mass is 253 g/mol. The number of aliphatic hydroxyl groups is 1. The first-order chi connectivity index (χ1) is 7.92. The number of halogens is 3. The van der Waals surface area contributed by atoms with Crippen LogP contribution in [0.1, 0.15) is 19.3 Å². The summed E-state index contributed by atoms with van der Waals surface area (Å²) in [5, 5.41) is 9.19. The van der Waals surface area contributed by atoms with Gasteiger partial charge < -0.3 is 10.0 Å². The van der Waals surface area contributed by atoms with Gasteiger partial charge in [-0.2, -0.15) is 0 Å². The average molecular weight is 253 g/mol. The topological polar surface area (TPSA) is 32.7 Å². The molecule has 0 unspecified atom stereocenters. The van der Waals surface area contributed by atoms with Crippen LogP contribution in [0.2, 0.25) is 0 Å². The van der Waals surface area contributed by atoms with E-state index in [0.29, 0.717) is 6.54 Å². The standard InChI is InChI=1S/C11H18F3NO2/c12-11(13,14)17-6-9-1-4-15(5-9)7-10(8-16)2-3-10/h9,16H,1-8H2/t9-/m0/s1. The lowest BCUT2D eigenvalue weighted by atomic mass is 10.1. The summed E-state index contributed by atoms with van der Waals surface area (Å²) in [6.45, 7) is 2.22. The number of rotatable bonds is 5. The Kier molecular flexibility index (Phi) is 3.66. The van der Waals surface area contributed by atoms with Gasteiger partial charge in [0.15, 0.2) is 0 Å². The van der Waals surface area contributed by atoms with Crippen LogP contribution >= 0.6 is 0 Å². The zero-order valence-electron chi connectivity index (χ0n) is 9.67. The number of aliphatic hydroxyl groups excluding tert-OH is 1. The van der Waals surface area contributed by atoms with E-state index < -0.39 is 6.36 Å². The highest BCUT2D eigenvalue weighted by atomic mass is 19.4. The van der Waals surface area contributed by atoms with Crippen LogP contribution in [0.15, 0.2) is 0 Å². The molecular weight excluding hydrogens is 235 g/mol. The number of ether oxygens (including phenoxy) is 1. The van der Waals surface area contributed by atoms with Gasteiger partial charge in [0.05, 0.1) is 6.61 Å². The van der Waals surface area contributed by atoms with Crippen LogP contribution in [-0.2, 0) is 4.74 Å². The van der Waals surface area contributed by atoms with E-state index in [9.17, 15) is 18.3 Å². The molecule has 100 valence electrons. The Bertz CT molecular complexity index is 266. The fourth-order valence-electron chi connectivity index (χ4n) is 2.42. The summed E-state index contributed by atoms with van der Waals surface area (Å²) in [6.07, 6.45) is -1.71. The molecular formula is C11H18F3NO2. The molecule has 17 heavy (non-hydrogen) atoms. The quantitative estimate of drug-likeness (QED) is 0.808. The van der Waals surface area contributed by atoms with Crippen molar-refractivity contribution in [1.82, 2.24) is 4.90 Å². The van der Waals surface area contributed by atoms with E-state index >= 15 is 0 Å². The molecule has 0 aromatic carbocycles. The van der Waals surface area contributed by atoms with Crippen molar-refractivity contribution in [2.75, 3.05) is 32.8 Å². The Morgan fingerprint density at radius 2 is 2.06 bits per heavy atom. The summed E-state index contributed by atoms with van der Waals surface area (Å²) in [7, 11) is 0. The highest BCUT2D eigenvalue weighted by Gasteiger charge is 2.44. The molecule has 1 saturated heterocycles. The summed E-state index contributed by atoms with van der Waals surface area (Å²) in [5.74, 6) is -0.0360. The Morgan fingerprint density at radius 3 is 2.59 bits per heavy atom. The summed E-state index contributed by atoms with van der Waals surface area (Å²) in [4.78, 5) is 2.15. The van der Waals surface area contributed by atoms with Crippen molar-refractivity contribution >= 4 is 0 Å². The van der Waals surface area contributed by atoms with E-state index in [1.54, 1.807) is 0 Å². The highest BCUT2D eigenvalue weighted by Crippen LogP contribution is 2.46. The number of hydrogen-bond acceptors (Lipinski definition) is 3. The first-order valence-corrected chi connectivity index (χ1v) is 5.96. The third kappa shape index (κ3) is 3.82. The molecule has 1 heterocycles. The maximum absolute atomic E-state index is 11.9. The number of alkyl halides is 3. The molecule has 1 saturated carbocycles. The normalized spacial score (nSPS) is 28.6. The Labute approximate surface area is 98.5 Å². The largest absolute Gasteiger partial charge is 0.522 e. The second-order valence-electron chi connectivity index (χ2n) is 5.30. The molecule has 1 atom stereocenters. The van der Waals surface area contributed by atoms with Gasteiger partial charge in [0, 0.05) is 25.1 Å². The molecule has 0 aromatic rings. The van der Waals surface area contributed by atoms with Gasteiger partial charge in [-0.3, -0.25) is 4.74 Å². The summed E-state index contributed by atoms with van der Waals surface area (Å²) in [6, 6.07) is 0. The van der Waals surface area contributed by atoms with E-state index in [2.05, 4.69) is 9.64 Å². The van der Waals surface area contributed by atoms with Gasteiger partial charge >= 0.3 is 6.36 Å². The predicted molar refractivity (Wildman–Crippen MR) is 55.3 cm³/mol. The van der Waals surface area contributed by atoms with Crippen molar-refractivity contribution in [3.8, 4) is 0 Å². The smallest absolute Gasteiger partial charge is 0.396 e. The van der Waals surface area contributed by atoms with Gasteiger partial charge in [0.1, 0.15) is 0 Å². The van der Waals surface area contributed by atoms with Crippen LogP contribution in [-0.4, -0.2) is 49.2 Å². The van der Waals surface area contributed by atoms with Gasteiger partial charge in [-0.15, -0.1) is 13.2 Å². The molecule has 0 aromatic heterocycles. The Morgan fingerprint density at radius 1 is 1.35 bits per heavy atom. The van der Waals surface area contributed by atoms with E-state index in [4.69, 9.17) is 0 Å². The molecule has 3 nitrogen and oxygen atoms in total. The maximum atomic E-state index is 11.9. The van der Waals surface area contributed by atoms with Gasteiger partial charge in [0.2, 0.25) is 0 Å². The second kappa shape index (κ2) is 4.74. The van der Waals surface area contributed by atoms with E-state index in [0.717, 1.165) is 32.4 Å². The molecule has 0 spiro atoms. The number of hydrogen-bond donors (Lipinski definition) is 1. The first kappa shape index (κ1) is 13.1. The zero-order chi connectivity index (χ0) is 12.5. The molecule has 0 amide bonds. The lowest BCUT2D eigenvalue weighted by Crippen LogP contribution is -2.31. The van der Waals surface area contributed by atoms with Crippen LogP contribution < -0.4 is 0 Å². The van der Waals surface area contributed by atoms with E-state index in [-0.39, 0.29) is 24.5 Å². The van der Waals surface area contributed by atoms with Gasteiger partial charge in [-0.1, -0.05) is 0 Å². The van der Waals surface area contributed by atoms with Crippen LogP contribution in [0.4, 0.5) is 13.2 Å². The van der Waals surface area contributed by atoms with Crippen LogP contribution in [0.25, 0.3) is 0 Å².